The van der Waals surface area contributed by atoms with Crippen LogP contribution in [0.2, 0.25) is 0 Å². The van der Waals surface area contributed by atoms with Gasteiger partial charge in [0.2, 0.25) is 5.91 Å². The quantitative estimate of drug-likeness (QED) is 0.477. The number of rotatable bonds is 11. The predicted molar refractivity (Wildman–Crippen MR) is 128 cm³/mol. The van der Waals surface area contributed by atoms with Crippen molar-refractivity contribution in [1.82, 2.24) is 10.2 Å². The minimum absolute atomic E-state index is 0.0551. The average molecular weight is 489 g/mol. The van der Waals surface area contributed by atoms with Crippen LogP contribution in [0.1, 0.15) is 51.7 Å². The lowest BCUT2D eigenvalue weighted by Gasteiger charge is -2.31. The Kier molecular flexibility index (Phi) is 10.0. The molecule has 0 bridgehead atoms. The standard InChI is InChI=1S/C25H33BrN2O3/c1-5-18(4)27-25(30)22(7-3)28(16-20-11-9-8-10-12-20)24(29)17-31-23-14-13-19(6-2)15-21(23)26/h8-15,18,22H,5-7,16-17H2,1-4H3,(H,27,30). The molecule has 2 rings (SSSR count). The molecule has 2 unspecified atom stereocenters. The molecular formula is C25H33BrN2O3. The van der Waals surface area contributed by atoms with Crippen LogP contribution in [-0.2, 0) is 22.6 Å². The summed E-state index contributed by atoms with van der Waals surface area (Å²) in [6.07, 6.45) is 2.28. The smallest absolute Gasteiger partial charge is 0.261 e. The predicted octanol–water partition coefficient (Wildman–Crippen LogP) is 5.11. The van der Waals surface area contributed by atoms with Crippen LogP contribution in [-0.4, -0.2) is 35.4 Å². The van der Waals surface area contributed by atoms with Crippen molar-refractivity contribution in [2.45, 2.75) is 65.6 Å². The minimum Gasteiger partial charge on any atom is -0.483 e. The highest BCUT2D eigenvalue weighted by Gasteiger charge is 2.29. The normalized spacial score (nSPS) is 12.7. The lowest BCUT2D eigenvalue weighted by molar-refractivity contribution is -0.143. The maximum atomic E-state index is 13.2. The van der Waals surface area contributed by atoms with E-state index >= 15 is 0 Å². The van der Waals surface area contributed by atoms with E-state index in [0.29, 0.717) is 18.7 Å². The number of benzene rings is 2. The van der Waals surface area contributed by atoms with Crippen molar-refractivity contribution >= 4 is 27.7 Å². The first-order valence-corrected chi connectivity index (χ1v) is 11.7. The van der Waals surface area contributed by atoms with Crippen molar-refractivity contribution < 1.29 is 14.3 Å². The molecule has 5 nitrogen and oxygen atoms in total. The maximum Gasteiger partial charge on any atom is 0.261 e. The van der Waals surface area contributed by atoms with Crippen molar-refractivity contribution in [2.75, 3.05) is 6.61 Å². The molecule has 0 spiro atoms. The summed E-state index contributed by atoms with van der Waals surface area (Å²) in [7, 11) is 0. The fraction of sp³-hybridized carbons (Fsp3) is 0.440. The number of halogens is 1. The van der Waals surface area contributed by atoms with Crippen LogP contribution < -0.4 is 10.1 Å². The second kappa shape index (κ2) is 12.5. The first-order chi connectivity index (χ1) is 14.9. The zero-order valence-electron chi connectivity index (χ0n) is 18.9. The highest BCUT2D eigenvalue weighted by atomic mass is 79.9. The zero-order valence-corrected chi connectivity index (χ0v) is 20.4. The lowest BCUT2D eigenvalue weighted by Crippen LogP contribution is -2.51. The van der Waals surface area contributed by atoms with Gasteiger partial charge in [0.25, 0.3) is 5.91 Å². The summed E-state index contributed by atoms with van der Waals surface area (Å²) < 4.78 is 6.64. The SMILES string of the molecule is CCc1ccc(OCC(=O)N(Cc2ccccc2)C(CC)C(=O)NC(C)CC)c(Br)c1. The van der Waals surface area contributed by atoms with E-state index in [4.69, 9.17) is 4.74 Å². The molecule has 0 saturated heterocycles. The number of nitrogens with one attached hydrogen (secondary N) is 1. The van der Waals surface area contributed by atoms with Gasteiger partial charge in [-0.2, -0.15) is 0 Å². The van der Waals surface area contributed by atoms with Gasteiger partial charge in [-0.1, -0.05) is 57.2 Å². The van der Waals surface area contributed by atoms with E-state index < -0.39 is 6.04 Å². The third-order valence-electron chi connectivity index (χ3n) is 5.34. The Morgan fingerprint density at radius 3 is 2.32 bits per heavy atom. The molecule has 0 fully saturated rings. The number of carbonyl (C=O) groups excluding carboxylic acids is 2. The molecule has 2 aromatic rings. The first-order valence-electron chi connectivity index (χ1n) is 10.9. The van der Waals surface area contributed by atoms with E-state index in [1.54, 1.807) is 4.90 Å². The Bertz CT molecular complexity index is 857. The van der Waals surface area contributed by atoms with Crippen molar-refractivity contribution in [2.24, 2.45) is 0 Å². The molecule has 2 aromatic carbocycles. The third kappa shape index (κ3) is 7.39. The van der Waals surface area contributed by atoms with Gasteiger partial charge >= 0.3 is 0 Å². The van der Waals surface area contributed by atoms with Crippen LogP contribution in [0.4, 0.5) is 0 Å². The molecule has 0 aliphatic rings. The number of hydrogen-bond donors (Lipinski definition) is 1. The summed E-state index contributed by atoms with van der Waals surface area (Å²) in [6.45, 7) is 8.22. The summed E-state index contributed by atoms with van der Waals surface area (Å²) >= 11 is 3.52. The molecule has 0 saturated carbocycles. The Balaban J connectivity index is 2.19. The molecule has 0 aromatic heterocycles. The van der Waals surface area contributed by atoms with Crippen LogP contribution >= 0.6 is 15.9 Å². The molecule has 1 N–H and O–H groups in total. The van der Waals surface area contributed by atoms with Crippen molar-refractivity contribution in [1.29, 1.82) is 0 Å². The summed E-state index contributed by atoms with van der Waals surface area (Å²) in [4.78, 5) is 27.8. The van der Waals surface area contributed by atoms with Gasteiger partial charge in [0.15, 0.2) is 6.61 Å². The zero-order chi connectivity index (χ0) is 22.8. The summed E-state index contributed by atoms with van der Waals surface area (Å²) in [5.41, 5.74) is 2.16. The summed E-state index contributed by atoms with van der Waals surface area (Å²) in [5.74, 6) is 0.262. The Morgan fingerprint density at radius 1 is 1.03 bits per heavy atom. The highest BCUT2D eigenvalue weighted by Crippen LogP contribution is 2.26. The summed E-state index contributed by atoms with van der Waals surface area (Å²) in [6, 6.07) is 15.1. The third-order valence-corrected chi connectivity index (χ3v) is 5.96. The van der Waals surface area contributed by atoms with Crippen LogP contribution in [0, 0.1) is 0 Å². The second-order valence-corrected chi connectivity index (χ2v) is 8.51. The molecule has 31 heavy (non-hydrogen) atoms. The van der Waals surface area contributed by atoms with E-state index in [2.05, 4.69) is 28.2 Å². The number of amides is 2. The molecule has 0 aliphatic carbocycles. The van der Waals surface area contributed by atoms with E-state index in [9.17, 15) is 9.59 Å². The monoisotopic (exact) mass is 488 g/mol. The fourth-order valence-corrected chi connectivity index (χ4v) is 3.79. The molecule has 2 atom stereocenters. The van der Waals surface area contributed by atoms with E-state index in [1.807, 2.05) is 69.3 Å². The van der Waals surface area contributed by atoms with Gasteiger partial charge < -0.3 is 15.0 Å². The largest absolute Gasteiger partial charge is 0.483 e. The van der Waals surface area contributed by atoms with Gasteiger partial charge in [0, 0.05) is 12.6 Å². The number of hydrogen-bond acceptors (Lipinski definition) is 3. The Hall–Kier alpha value is -2.34. The average Bonchev–Trinajstić information content (AvgIpc) is 2.78. The second-order valence-electron chi connectivity index (χ2n) is 7.66. The van der Waals surface area contributed by atoms with Crippen molar-refractivity contribution in [3.63, 3.8) is 0 Å². The molecule has 168 valence electrons. The van der Waals surface area contributed by atoms with Gasteiger partial charge in [-0.25, -0.2) is 0 Å². The van der Waals surface area contributed by atoms with Gasteiger partial charge in [0.05, 0.1) is 4.47 Å². The first kappa shape index (κ1) is 24.9. The van der Waals surface area contributed by atoms with E-state index in [-0.39, 0.29) is 24.5 Å². The summed E-state index contributed by atoms with van der Waals surface area (Å²) in [5, 5.41) is 3.02. The number of aryl methyl sites for hydroxylation is 1. The molecule has 0 radical (unpaired) electrons. The van der Waals surface area contributed by atoms with Gasteiger partial charge in [-0.05, 0) is 65.4 Å². The fourth-order valence-electron chi connectivity index (χ4n) is 3.24. The number of carbonyl (C=O) groups is 2. The van der Waals surface area contributed by atoms with Crippen molar-refractivity contribution in [3.05, 3.63) is 64.1 Å². The van der Waals surface area contributed by atoms with Crippen LogP contribution in [0.5, 0.6) is 5.75 Å². The van der Waals surface area contributed by atoms with Crippen LogP contribution in [0.3, 0.4) is 0 Å². The molecule has 0 heterocycles. The lowest BCUT2D eigenvalue weighted by atomic mass is 10.1. The van der Waals surface area contributed by atoms with Crippen LogP contribution in [0.15, 0.2) is 53.0 Å². The topological polar surface area (TPSA) is 58.6 Å². The minimum atomic E-state index is -0.559. The highest BCUT2D eigenvalue weighted by molar-refractivity contribution is 9.10. The number of nitrogens with zero attached hydrogens (tertiary/aromatic N) is 1. The van der Waals surface area contributed by atoms with Crippen LogP contribution in [0.25, 0.3) is 0 Å². The molecule has 2 amide bonds. The van der Waals surface area contributed by atoms with E-state index in [0.717, 1.165) is 22.9 Å². The molecular weight excluding hydrogens is 456 g/mol. The Morgan fingerprint density at radius 2 is 1.74 bits per heavy atom. The maximum absolute atomic E-state index is 13.2. The molecule has 0 aliphatic heterocycles. The number of ether oxygens (including phenoxy) is 1. The van der Waals surface area contributed by atoms with Gasteiger partial charge in [0.1, 0.15) is 11.8 Å². The van der Waals surface area contributed by atoms with Gasteiger partial charge in [-0.15, -0.1) is 0 Å². The van der Waals surface area contributed by atoms with Gasteiger partial charge in [-0.3, -0.25) is 9.59 Å². The van der Waals surface area contributed by atoms with E-state index in [1.165, 1.54) is 5.56 Å². The van der Waals surface area contributed by atoms with Crippen molar-refractivity contribution in [3.8, 4) is 5.75 Å². The molecule has 6 heteroatoms. The Labute approximate surface area is 194 Å².